The van der Waals surface area contributed by atoms with Crippen molar-refractivity contribution >= 4 is 0 Å². The van der Waals surface area contributed by atoms with Crippen molar-refractivity contribution in [3.05, 3.63) is 72.1 Å². The Balaban J connectivity index is 0.000000454. The zero-order valence-corrected chi connectivity index (χ0v) is 19.7. The Morgan fingerprint density at radius 3 is 1.72 bits per heavy atom. The predicted octanol–water partition coefficient (Wildman–Crippen LogP) is 7.99. The Morgan fingerprint density at radius 1 is 0.759 bits per heavy atom. The van der Waals surface area contributed by atoms with Gasteiger partial charge in [-0.2, -0.15) is 0 Å². The maximum absolute atomic E-state index is 4.58. The van der Waals surface area contributed by atoms with Gasteiger partial charge < -0.3 is 0 Å². The molecule has 2 nitrogen and oxygen atoms in total. The summed E-state index contributed by atoms with van der Waals surface area (Å²) >= 11 is 0. The second kappa shape index (κ2) is 13.0. The summed E-state index contributed by atoms with van der Waals surface area (Å²) in [5.41, 5.74) is 5.17. The van der Waals surface area contributed by atoms with E-state index in [1.807, 2.05) is 26.1 Å². The molecule has 0 aliphatic carbocycles. The number of nitrogens with zero attached hydrogens (tertiary/aromatic N) is 2. The quantitative estimate of drug-likeness (QED) is 0.430. The van der Waals surface area contributed by atoms with Crippen LogP contribution in [0.4, 0.5) is 0 Å². The van der Waals surface area contributed by atoms with E-state index < -0.39 is 0 Å². The van der Waals surface area contributed by atoms with Gasteiger partial charge in [0.1, 0.15) is 5.82 Å². The minimum Gasteiger partial charge on any atom is -0.299 e. The molecule has 3 rings (SSSR count). The van der Waals surface area contributed by atoms with Crippen LogP contribution in [0, 0.1) is 11.8 Å². The molecule has 0 N–H and O–H groups in total. The summed E-state index contributed by atoms with van der Waals surface area (Å²) in [4.78, 5) is 4.58. The average molecular weight is 393 g/mol. The standard InChI is InChI=1S/C19H20N2.C6H14.C2H6/c1-3-15-11-8-12-16(4-2)18(15)21-14-13-20-19(21)17-9-6-5-7-10-17;1-5(2)6(3)4;1-2/h5-14H,3-4H2,1-2H3;5-6H,1-4H3;1-2H3. The molecule has 0 saturated heterocycles. The molecule has 2 aromatic carbocycles. The van der Waals surface area contributed by atoms with Gasteiger partial charge in [-0.05, 0) is 35.8 Å². The molecule has 0 bridgehead atoms. The number of hydrogen-bond acceptors (Lipinski definition) is 1. The lowest BCUT2D eigenvalue weighted by Gasteiger charge is -2.16. The molecule has 0 radical (unpaired) electrons. The molecule has 0 atom stereocenters. The normalized spacial score (nSPS) is 10.3. The van der Waals surface area contributed by atoms with Crippen molar-refractivity contribution in [2.45, 2.75) is 68.2 Å². The third kappa shape index (κ3) is 6.88. The van der Waals surface area contributed by atoms with Crippen LogP contribution < -0.4 is 0 Å². The molecular weight excluding hydrogens is 352 g/mol. The second-order valence-electron chi connectivity index (χ2n) is 7.61. The topological polar surface area (TPSA) is 17.8 Å². The van der Waals surface area contributed by atoms with Gasteiger partial charge in [0.05, 0.1) is 5.69 Å². The van der Waals surface area contributed by atoms with Crippen LogP contribution in [-0.4, -0.2) is 9.55 Å². The summed E-state index contributed by atoms with van der Waals surface area (Å²) in [5, 5.41) is 0. The summed E-state index contributed by atoms with van der Waals surface area (Å²) in [6.45, 7) is 17.4. The SMILES string of the molecule is CC.CC(C)C(C)C.CCc1cccc(CC)c1-n1ccnc1-c1ccccc1. The van der Waals surface area contributed by atoms with Gasteiger partial charge in [0.2, 0.25) is 0 Å². The number of benzene rings is 2. The van der Waals surface area contributed by atoms with E-state index in [-0.39, 0.29) is 0 Å². The largest absolute Gasteiger partial charge is 0.299 e. The van der Waals surface area contributed by atoms with Gasteiger partial charge in [0.15, 0.2) is 0 Å². The maximum atomic E-state index is 4.58. The van der Waals surface area contributed by atoms with Crippen molar-refractivity contribution in [2.24, 2.45) is 11.8 Å². The fourth-order valence-electron chi connectivity index (χ4n) is 2.81. The number of imidazole rings is 1. The fourth-order valence-corrected chi connectivity index (χ4v) is 2.81. The lowest BCUT2D eigenvalue weighted by Crippen LogP contribution is -2.04. The van der Waals surface area contributed by atoms with Crippen molar-refractivity contribution in [1.82, 2.24) is 9.55 Å². The van der Waals surface area contributed by atoms with Crippen molar-refractivity contribution in [3.63, 3.8) is 0 Å². The Morgan fingerprint density at radius 2 is 1.28 bits per heavy atom. The Hall–Kier alpha value is -2.35. The van der Waals surface area contributed by atoms with Crippen LogP contribution in [0.5, 0.6) is 0 Å². The lowest BCUT2D eigenvalue weighted by atomic mass is 10.0. The zero-order chi connectivity index (χ0) is 21.8. The van der Waals surface area contributed by atoms with Crippen molar-refractivity contribution in [2.75, 3.05) is 0 Å². The second-order valence-corrected chi connectivity index (χ2v) is 7.61. The first kappa shape index (κ1) is 24.7. The molecule has 29 heavy (non-hydrogen) atoms. The lowest BCUT2D eigenvalue weighted by molar-refractivity contribution is 0.457. The van der Waals surface area contributed by atoms with Crippen LogP contribution in [0.1, 0.15) is 66.5 Å². The monoisotopic (exact) mass is 392 g/mol. The molecule has 3 aromatic rings. The highest BCUT2D eigenvalue weighted by atomic mass is 15.1. The molecule has 0 aliphatic heterocycles. The Bertz CT molecular complexity index is 785. The summed E-state index contributed by atoms with van der Waals surface area (Å²) in [6.07, 6.45) is 6.00. The Labute approximate surface area is 179 Å². The highest BCUT2D eigenvalue weighted by Gasteiger charge is 2.13. The van der Waals surface area contributed by atoms with E-state index in [4.69, 9.17) is 0 Å². The van der Waals surface area contributed by atoms with Crippen LogP contribution >= 0.6 is 0 Å². The van der Waals surface area contributed by atoms with E-state index in [9.17, 15) is 0 Å². The molecule has 0 fully saturated rings. The van der Waals surface area contributed by atoms with Gasteiger partial charge >= 0.3 is 0 Å². The molecule has 0 amide bonds. The van der Waals surface area contributed by atoms with E-state index in [1.54, 1.807) is 0 Å². The van der Waals surface area contributed by atoms with Crippen molar-refractivity contribution in [3.8, 4) is 17.1 Å². The van der Waals surface area contributed by atoms with Gasteiger partial charge in [-0.1, -0.05) is 104 Å². The predicted molar refractivity (Wildman–Crippen MR) is 129 cm³/mol. The number of hydrogen-bond donors (Lipinski definition) is 0. The van der Waals surface area contributed by atoms with E-state index in [1.165, 1.54) is 16.8 Å². The van der Waals surface area contributed by atoms with Gasteiger partial charge in [0.25, 0.3) is 0 Å². The van der Waals surface area contributed by atoms with E-state index in [2.05, 4.69) is 99.8 Å². The first-order valence-electron chi connectivity index (χ1n) is 11.2. The number of aryl methyl sites for hydroxylation is 2. The molecule has 1 heterocycles. The molecule has 0 aliphatic rings. The third-order valence-corrected chi connectivity index (χ3v) is 5.21. The van der Waals surface area contributed by atoms with E-state index in [0.717, 1.165) is 36.1 Å². The van der Waals surface area contributed by atoms with Gasteiger partial charge in [-0.15, -0.1) is 0 Å². The first-order chi connectivity index (χ1) is 14.0. The minimum absolute atomic E-state index is 0.852. The number of aromatic nitrogens is 2. The molecule has 0 saturated carbocycles. The maximum Gasteiger partial charge on any atom is 0.144 e. The minimum atomic E-state index is 0.852. The Kier molecular flexibility index (Phi) is 11.1. The zero-order valence-electron chi connectivity index (χ0n) is 19.7. The first-order valence-corrected chi connectivity index (χ1v) is 11.2. The van der Waals surface area contributed by atoms with E-state index >= 15 is 0 Å². The highest BCUT2D eigenvalue weighted by Crippen LogP contribution is 2.27. The van der Waals surface area contributed by atoms with Crippen LogP contribution in [0.2, 0.25) is 0 Å². The average Bonchev–Trinajstić information content (AvgIpc) is 3.25. The summed E-state index contributed by atoms with van der Waals surface area (Å²) in [7, 11) is 0. The van der Waals surface area contributed by atoms with Crippen LogP contribution in [0.15, 0.2) is 60.9 Å². The van der Waals surface area contributed by atoms with Gasteiger partial charge in [-0.25, -0.2) is 4.98 Å². The molecule has 0 unspecified atom stereocenters. The molecule has 158 valence electrons. The summed E-state index contributed by atoms with van der Waals surface area (Å²) in [6, 6.07) is 16.9. The summed E-state index contributed by atoms with van der Waals surface area (Å²) in [5.74, 6) is 2.71. The number of rotatable bonds is 5. The van der Waals surface area contributed by atoms with Crippen molar-refractivity contribution in [1.29, 1.82) is 0 Å². The highest BCUT2D eigenvalue weighted by molar-refractivity contribution is 5.61. The molecular formula is C27H40N2. The van der Waals surface area contributed by atoms with E-state index in [0.29, 0.717) is 0 Å². The molecule has 2 heteroatoms. The summed E-state index contributed by atoms with van der Waals surface area (Å²) < 4.78 is 2.23. The van der Waals surface area contributed by atoms with Gasteiger partial charge in [-0.3, -0.25) is 4.57 Å². The fraction of sp³-hybridized carbons (Fsp3) is 0.444. The van der Waals surface area contributed by atoms with Crippen LogP contribution in [0.25, 0.3) is 17.1 Å². The smallest absolute Gasteiger partial charge is 0.144 e. The molecule has 1 aromatic heterocycles. The van der Waals surface area contributed by atoms with Crippen LogP contribution in [-0.2, 0) is 12.8 Å². The van der Waals surface area contributed by atoms with Crippen LogP contribution in [0.3, 0.4) is 0 Å². The van der Waals surface area contributed by atoms with Gasteiger partial charge in [0, 0.05) is 18.0 Å². The number of para-hydroxylation sites is 1. The van der Waals surface area contributed by atoms with Crippen molar-refractivity contribution < 1.29 is 0 Å². The molecule has 0 spiro atoms. The third-order valence-electron chi connectivity index (χ3n) is 5.21.